The van der Waals surface area contributed by atoms with E-state index in [1.165, 1.54) is 4.68 Å². The van der Waals surface area contributed by atoms with Crippen LogP contribution in [0, 0.1) is 5.92 Å². The first kappa shape index (κ1) is 18.4. The van der Waals surface area contributed by atoms with Crippen LogP contribution in [0.1, 0.15) is 62.5 Å². The number of carbonyl (C=O) groups excluding carboxylic acids is 1. The monoisotopic (exact) mass is 376 g/mol. The summed E-state index contributed by atoms with van der Waals surface area (Å²) in [5, 5.41) is 13.8. The van der Waals surface area contributed by atoms with Crippen molar-refractivity contribution in [1.29, 1.82) is 0 Å². The lowest BCUT2D eigenvalue weighted by molar-refractivity contribution is -0.148. The first-order valence-corrected chi connectivity index (χ1v) is 10.0. The van der Waals surface area contributed by atoms with Gasteiger partial charge in [0.1, 0.15) is 18.0 Å². The first-order chi connectivity index (χ1) is 12.9. The van der Waals surface area contributed by atoms with Crippen molar-refractivity contribution < 1.29 is 19.4 Å². The van der Waals surface area contributed by atoms with E-state index < -0.39 is 11.6 Å². The van der Waals surface area contributed by atoms with Gasteiger partial charge in [-0.3, -0.25) is 9.59 Å². The average molecular weight is 376 g/mol. The van der Waals surface area contributed by atoms with Gasteiger partial charge in [-0.15, -0.1) is 0 Å². The van der Waals surface area contributed by atoms with Crippen LogP contribution >= 0.6 is 0 Å². The van der Waals surface area contributed by atoms with Crippen LogP contribution in [0.4, 0.5) is 0 Å². The van der Waals surface area contributed by atoms with Crippen molar-refractivity contribution in [1.82, 2.24) is 19.7 Å². The van der Waals surface area contributed by atoms with Gasteiger partial charge < -0.3 is 14.7 Å². The molecule has 2 aliphatic heterocycles. The van der Waals surface area contributed by atoms with Gasteiger partial charge >= 0.3 is 11.9 Å². The zero-order chi connectivity index (χ0) is 19.0. The van der Waals surface area contributed by atoms with Crippen molar-refractivity contribution in [2.45, 2.75) is 69.4 Å². The number of rotatable bonds is 5. The molecule has 148 valence electrons. The molecular formula is C19H28N4O4. The number of carbonyl (C=O) groups is 2. The molecule has 1 N–H and O–H groups in total. The van der Waals surface area contributed by atoms with Crippen LogP contribution < -0.4 is 0 Å². The average Bonchev–Trinajstić information content (AvgIpc) is 3.30. The third-order valence-electron chi connectivity index (χ3n) is 6.42. The van der Waals surface area contributed by atoms with Gasteiger partial charge in [-0.25, -0.2) is 9.67 Å². The number of piperidine rings is 1. The van der Waals surface area contributed by atoms with Gasteiger partial charge in [-0.1, -0.05) is 0 Å². The van der Waals surface area contributed by atoms with E-state index in [4.69, 9.17) is 9.72 Å². The zero-order valence-corrected chi connectivity index (χ0v) is 15.9. The second kappa shape index (κ2) is 7.22. The standard InChI is InChI=1S/C19H28N4O4/c1-22-8-4-13(5-9-22)10-15-20-18(23(21-15)12-16(24)25)14-11-17(26)27-19(14)6-2-3-7-19/h13-14H,2-12H2,1H3,(H,24,25)/t14-/m1/s1. The van der Waals surface area contributed by atoms with E-state index in [1.54, 1.807) is 0 Å². The number of esters is 1. The molecule has 1 saturated carbocycles. The molecule has 27 heavy (non-hydrogen) atoms. The molecular weight excluding hydrogens is 348 g/mol. The molecule has 0 aromatic carbocycles. The van der Waals surface area contributed by atoms with Crippen molar-refractivity contribution in [2.24, 2.45) is 5.92 Å². The number of hydrogen-bond acceptors (Lipinski definition) is 6. The molecule has 0 radical (unpaired) electrons. The normalized spacial score (nSPS) is 26.0. The van der Waals surface area contributed by atoms with E-state index in [0.717, 1.165) is 58.0 Å². The van der Waals surface area contributed by atoms with Crippen LogP contribution in [-0.4, -0.2) is 62.4 Å². The minimum Gasteiger partial charge on any atom is -0.480 e. The van der Waals surface area contributed by atoms with Crippen molar-refractivity contribution in [3.05, 3.63) is 11.6 Å². The highest BCUT2D eigenvalue weighted by Gasteiger charge is 2.53. The quantitative estimate of drug-likeness (QED) is 0.779. The Morgan fingerprint density at radius 3 is 2.67 bits per heavy atom. The SMILES string of the molecule is CN1CCC(Cc2nc([C@H]3CC(=O)OC34CCCC4)n(CC(=O)O)n2)CC1. The van der Waals surface area contributed by atoms with Gasteiger partial charge in [-0.05, 0) is 64.6 Å². The minimum absolute atomic E-state index is 0.189. The molecule has 1 aromatic rings. The maximum Gasteiger partial charge on any atom is 0.325 e. The van der Waals surface area contributed by atoms with Crippen LogP contribution in [0.3, 0.4) is 0 Å². The highest BCUT2D eigenvalue weighted by Crippen LogP contribution is 2.50. The maximum atomic E-state index is 12.1. The smallest absolute Gasteiger partial charge is 0.325 e. The van der Waals surface area contributed by atoms with Crippen molar-refractivity contribution in [3.63, 3.8) is 0 Å². The van der Waals surface area contributed by atoms with Gasteiger partial charge in [-0.2, -0.15) is 5.10 Å². The van der Waals surface area contributed by atoms with Crippen molar-refractivity contribution in [2.75, 3.05) is 20.1 Å². The Kier molecular flexibility index (Phi) is 4.92. The summed E-state index contributed by atoms with van der Waals surface area (Å²) in [6.07, 6.45) is 6.95. The lowest BCUT2D eigenvalue weighted by atomic mass is 9.85. The third kappa shape index (κ3) is 3.72. The summed E-state index contributed by atoms with van der Waals surface area (Å²) < 4.78 is 7.23. The molecule has 3 heterocycles. The Labute approximate surface area is 158 Å². The fourth-order valence-corrected chi connectivity index (χ4v) is 4.96. The lowest BCUT2D eigenvalue weighted by Gasteiger charge is -2.28. The number of aliphatic carboxylic acids is 1. The summed E-state index contributed by atoms with van der Waals surface area (Å²) >= 11 is 0. The Balaban J connectivity index is 1.59. The van der Waals surface area contributed by atoms with Gasteiger partial charge in [0.25, 0.3) is 0 Å². The highest BCUT2D eigenvalue weighted by molar-refractivity contribution is 5.74. The molecule has 3 fully saturated rings. The number of nitrogens with zero attached hydrogens (tertiary/aromatic N) is 4. The first-order valence-electron chi connectivity index (χ1n) is 10.0. The molecule has 1 aromatic heterocycles. The number of carboxylic acids is 1. The number of hydrogen-bond donors (Lipinski definition) is 1. The molecule has 1 atom stereocenters. The van der Waals surface area contributed by atoms with Gasteiger partial charge in [0.05, 0.1) is 12.3 Å². The van der Waals surface area contributed by atoms with E-state index >= 15 is 0 Å². The van der Waals surface area contributed by atoms with Gasteiger partial charge in [0.15, 0.2) is 5.82 Å². The number of carboxylic acid groups (broad SMARTS) is 1. The van der Waals surface area contributed by atoms with Crippen molar-refractivity contribution in [3.8, 4) is 0 Å². The second-order valence-corrected chi connectivity index (χ2v) is 8.39. The molecule has 0 unspecified atom stereocenters. The molecule has 8 nitrogen and oxygen atoms in total. The number of aromatic nitrogens is 3. The number of ether oxygens (including phenoxy) is 1. The summed E-state index contributed by atoms with van der Waals surface area (Å²) in [6, 6.07) is 0. The van der Waals surface area contributed by atoms with E-state index in [2.05, 4.69) is 17.0 Å². The van der Waals surface area contributed by atoms with Crippen LogP contribution in [0.25, 0.3) is 0 Å². The van der Waals surface area contributed by atoms with Crippen LogP contribution in [0.5, 0.6) is 0 Å². The molecule has 1 spiro atoms. The fourth-order valence-electron chi connectivity index (χ4n) is 4.96. The predicted molar refractivity (Wildman–Crippen MR) is 96.2 cm³/mol. The molecule has 3 aliphatic rings. The van der Waals surface area contributed by atoms with Crippen LogP contribution in [-0.2, 0) is 27.3 Å². The Bertz CT molecular complexity index is 717. The topological polar surface area (TPSA) is 97.6 Å². The molecule has 2 saturated heterocycles. The summed E-state index contributed by atoms with van der Waals surface area (Å²) in [5.41, 5.74) is -0.509. The highest BCUT2D eigenvalue weighted by atomic mass is 16.6. The van der Waals surface area contributed by atoms with E-state index in [-0.39, 0.29) is 24.9 Å². The molecule has 1 aliphatic carbocycles. The summed E-state index contributed by atoms with van der Waals surface area (Å²) in [6.45, 7) is 1.92. The fraction of sp³-hybridized carbons (Fsp3) is 0.789. The second-order valence-electron chi connectivity index (χ2n) is 8.39. The number of likely N-dealkylation sites (tertiary alicyclic amines) is 1. The maximum absolute atomic E-state index is 12.1. The molecule has 8 heteroatoms. The summed E-state index contributed by atoms with van der Waals surface area (Å²) in [4.78, 5) is 30.5. The molecule has 4 rings (SSSR count). The molecule has 0 bridgehead atoms. The largest absolute Gasteiger partial charge is 0.480 e. The van der Waals surface area contributed by atoms with Crippen LogP contribution in [0.2, 0.25) is 0 Å². The molecule has 0 amide bonds. The van der Waals surface area contributed by atoms with E-state index in [1.807, 2.05) is 0 Å². The zero-order valence-electron chi connectivity index (χ0n) is 15.9. The lowest BCUT2D eigenvalue weighted by Crippen LogP contribution is -2.32. The summed E-state index contributed by atoms with van der Waals surface area (Å²) in [7, 11) is 2.13. The minimum atomic E-state index is -0.947. The van der Waals surface area contributed by atoms with E-state index in [0.29, 0.717) is 17.6 Å². The van der Waals surface area contributed by atoms with Gasteiger partial charge in [0, 0.05) is 6.42 Å². The summed E-state index contributed by atoms with van der Waals surface area (Å²) in [5.74, 6) is 0.505. The Hall–Kier alpha value is -1.96. The van der Waals surface area contributed by atoms with E-state index in [9.17, 15) is 14.7 Å². The van der Waals surface area contributed by atoms with Gasteiger partial charge in [0.2, 0.25) is 0 Å². The Morgan fingerprint density at radius 1 is 1.30 bits per heavy atom. The predicted octanol–water partition coefficient (Wildman–Crippen LogP) is 1.59. The van der Waals surface area contributed by atoms with Crippen molar-refractivity contribution >= 4 is 11.9 Å². The third-order valence-corrected chi connectivity index (χ3v) is 6.42. The van der Waals surface area contributed by atoms with Crippen LogP contribution in [0.15, 0.2) is 0 Å². The Morgan fingerprint density at radius 2 is 2.00 bits per heavy atom.